The van der Waals surface area contributed by atoms with E-state index < -0.39 is 46.8 Å². The minimum absolute atomic E-state index is 0.0443. The second kappa shape index (κ2) is 10.9. The van der Waals surface area contributed by atoms with Crippen LogP contribution in [0, 0.1) is 11.3 Å². The van der Waals surface area contributed by atoms with Crippen molar-refractivity contribution < 1.29 is 39.9 Å². The number of halogens is 9. The van der Waals surface area contributed by atoms with Gasteiger partial charge in [-0.2, -0.15) is 40.4 Å². The fourth-order valence-electron chi connectivity index (χ4n) is 3.27. The number of nitrogens with two attached hydrogens (primary N) is 2. The predicted octanol–water partition coefficient (Wildman–Crippen LogP) is 5.29. The van der Waals surface area contributed by atoms with Crippen molar-refractivity contribution in [2.45, 2.75) is 43.6 Å². The molecule has 2 rings (SSSR count). The predicted molar refractivity (Wildman–Crippen MR) is 126 cm³/mol. The lowest BCUT2D eigenvalue weighted by Crippen LogP contribution is -2.44. The molecule has 0 unspecified atom stereocenters. The van der Waals surface area contributed by atoms with Crippen molar-refractivity contribution in [2.75, 3.05) is 13.6 Å². The highest BCUT2D eigenvalue weighted by atomic mass is 35.5. The maximum Gasteiger partial charge on any atom is 0.459 e. The smallest absolute Gasteiger partial charge is 0.404 e. The first-order valence-corrected chi connectivity index (χ1v) is 11.6. The number of allylic oxidation sites excluding steroid dienone is 2. The van der Waals surface area contributed by atoms with Crippen molar-refractivity contribution in [3.8, 4) is 6.07 Å². The summed E-state index contributed by atoms with van der Waals surface area (Å²) < 4.78 is 106. The van der Waals surface area contributed by atoms with Gasteiger partial charge in [-0.05, 0) is 25.8 Å². The zero-order chi connectivity index (χ0) is 29.3. The van der Waals surface area contributed by atoms with Crippen LogP contribution in [-0.2, 0) is 0 Å². The molecule has 1 aliphatic carbocycles. The van der Waals surface area contributed by atoms with E-state index in [1.54, 1.807) is 6.92 Å². The molecule has 1 aromatic rings. The molecule has 0 atom stereocenters. The van der Waals surface area contributed by atoms with Crippen molar-refractivity contribution in [2.24, 2.45) is 21.5 Å². The number of rotatable bonds is 7. The maximum atomic E-state index is 13.6. The number of alkyl halides is 8. The number of thiophene rings is 1. The Kier molecular flexibility index (Phi) is 8.89. The third-order valence-electron chi connectivity index (χ3n) is 5.40. The Labute approximate surface area is 219 Å². The van der Waals surface area contributed by atoms with Gasteiger partial charge in [0, 0.05) is 36.5 Å². The highest BCUT2D eigenvalue weighted by molar-refractivity contribution is 7.18. The molecule has 0 saturated heterocycles. The molecular weight excluding hydrogens is 572 g/mol. The summed E-state index contributed by atoms with van der Waals surface area (Å²) in [4.78, 5) is 20.8. The van der Waals surface area contributed by atoms with Gasteiger partial charge in [-0.3, -0.25) is 9.79 Å². The average molecular weight is 591 g/mol. The summed E-state index contributed by atoms with van der Waals surface area (Å²) in [5, 5.41) is 9.41. The van der Waals surface area contributed by atoms with Crippen LogP contribution in [0.25, 0.3) is 5.57 Å². The summed E-state index contributed by atoms with van der Waals surface area (Å²) in [5.74, 6) is -8.22. The van der Waals surface area contributed by atoms with Gasteiger partial charge in [-0.15, -0.1) is 11.3 Å². The van der Waals surface area contributed by atoms with Crippen LogP contribution in [0.3, 0.4) is 0 Å². The summed E-state index contributed by atoms with van der Waals surface area (Å²) in [6, 6.07) is 3.30. The van der Waals surface area contributed by atoms with E-state index in [1.807, 2.05) is 0 Å². The Balaban J connectivity index is 2.50. The minimum Gasteiger partial charge on any atom is -0.404 e. The van der Waals surface area contributed by atoms with Crippen LogP contribution in [0.4, 0.5) is 35.1 Å². The lowest BCUT2D eigenvalue weighted by Gasteiger charge is -2.25. The normalized spacial score (nSPS) is 17.3. The van der Waals surface area contributed by atoms with E-state index in [2.05, 4.69) is 21.8 Å². The van der Waals surface area contributed by atoms with Gasteiger partial charge in [0.15, 0.2) is 5.84 Å². The van der Waals surface area contributed by atoms with E-state index in [0.717, 1.165) is 17.5 Å². The zero-order valence-electron chi connectivity index (χ0n) is 19.5. The SMILES string of the molecule is CCN(C(=O)c1cc(C(C=NC(=NC)C(=C(N)C(F)(F)C(F)(F)F)C(F)(F)F)=CN)sc1Cl)C1(C#N)CC1. The number of amides is 1. The van der Waals surface area contributed by atoms with E-state index in [-0.39, 0.29) is 26.9 Å². The lowest BCUT2D eigenvalue weighted by molar-refractivity contribution is -0.265. The number of carbonyl (C=O) groups excluding carboxylic acids is 1. The van der Waals surface area contributed by atoms with Crippen molar-refractivity contribution >= 4 is 46.5 Å². The first-order chi connectivity index (χ1) is 17.4. The van der Waals surface area contributed by atoms with E-state index in [1.165, 1.54) is 11.0 Å². The molecule has 208 valence electrons. The van der Waals surface area contributed by atoms with Crippen molar-refractivity contribution in [1.29, 1.82) is 5.26 Å². The Bertz CT molecular complexity index is 1250. The summed E-state index contributed by atoms with van der Waals surface area (Å²) in [6.07, 6.45) is -9.86. The fraction of sp³-hybridized carbons (Fsp3) is 0.429. The number of aliphatic imine (C=N–C) groups is 2. The molecule has 0 spiro atoms. The van der Waals surface area contributed by atoms with Crippen molar-refractivity contribution in [1.82, 2.24) is 4.90 Å². The molecule has 0 bridgehead atoms. The number of hydrogen-bond donors (Lipinski definition) is 2. The lowest BCUT2D eigenvalue weighted by atomic mass is 10.1. The largest absolute Gasteiger partial charge is 0.459 e. The second-order valence-corrected chi connectivity index (χ2v) is 9.43. The average Bonchev–Trinajstić information content (AvgIpc) is 3.51. The molecule has 17 heteroatoms. The Morgan fingerprint density at radius 3 is 2.24 bits per heavy atom. The van der Waals surface area contributed by atoms with Gasteiger partial charge >= 0.3 is 18.3 Å². The minimum atomic E-state index is -6.42. The van der Waals surface area contributed by atoms with Gasteiger partial charge in [0.2, 0.25) is 0 Å². The first kappa shape index (κ1) is 31.0. The Hall–Kier alpha value is -3.19. The van der Waals surface area contributed by atoms with Gasteiger partial charge in [0.25, 0.3) is 5.91 Å². The summed E-state index contributed by atoms with van der Waals surface area (Å²) >= 11 is 6.94. The molecular formula is C21H19ClF8N6OS. The molecule has 0 aliphatic heterocycles. The third kappa shape index (κ3) is 5.93. The van der Waals surface area contributed by atoms with Crippen LogP contribution >= 0.6 is 22.9 Å². The molecule has 1 aromatic heterocycles. The second-order valence-electron chi connectivity index (χ2n) is 7.78. The summed E-state index contributed by atoms with van der Waals surface area (Å²) in [7, 11) is 0.671. The molecule has 1 amide bonds. The molecule has 1 fully saturated rings. The van der Waals surface area contributed by atoms with Gasteiger partial charge in [0.1, 0.15) is 21.1 Å². The van der Waals surface area contributed by atoms with Crippen LogP contribution in [0.1, 0.15) is 35.0 Å². The van der Waals surface area contributed by atoms with E-state index >= 15 is 0 Å². The van der Waals surface area contributed by atoms with Gasteiger partial charge in [0.05, 0.1) is 11.6 Å². The molecule has 0 radical (unpaired) electrons. The fourth-order valence-corrected chi connectivity index (χ4v) is 4.52. The van der Waals surface area contributed by atoms with E-state index in [9.17, 15) is 45.2 Å². The Morgan fingerprint density at radius 2 is 1.84 bits per heavy atom. The van der Waals surface area contributed by atoms with Crippen LogP contribution < -0.4 is 11.5 Å². The molecule has 7 nitrogen and oxygen atoms in total. The van der Waals surface area contributed by atoms with Crippen LogP contribution in [0.2, 0.25) is 4.34 Å². The van der Waals surface area contributed by atoms with E-state index in [0.29, 0.717) is 26.1 Å². The summed E-state index contributed by atoms with van der Waals surface area (Å²) in [5.41, 5.74) is 3.53. The van der Waals surface area contributed by atoms with Gasteiger partial charge < -0.3 is 16.4 Å². The molecule has 38 heavy (non-hydrogen) atoms. The Morgan fingerprint density at radius 1 is 1.26 bits per heavy atom. The van der Waals surface area contributed by atoms with Gasteiger partial charge in [-0.25, -0.2) is 4.99 Å². The highest BCUT2D eigenvalue weighted by Gasteiger charge is 2.62. The topological polar surface area (TPSA) is 121 Å². The van der Waals surface area contributed by atoms with E-state index in [4.69, 9.17) is 17.3 Å². The highest BCUT2D eigenvalue weighted by Crippen LogP contribution is 2.44. The van der Waals surface area contributed by atoms with Crippen molar-refractivity contribution in [3.05, 3.63) is 38.3 Å². The summed E-state index contributed by atoms with van der Waals surface area (Å²) in [6.45, 7) is 1.83. The molecule has 0 aromatic carbocycles. The molecule has 1 aliphatic rings. The van der Waals surface area contributed by atoms with Crippen LogP contribution in [0.15, 0.2) is 33.5 Å². The number of amidine groups is 1. The maximum absolute atomic E-state index is 13.6. The van der Waals surface area contributed by atoms with Crippen LogP contribution in [0.5, 0.6) is 0 Å². The number of carbonyl (C=O) groups is 1. The molecule has 1 saturated carbocycles. The molecule has 1 heterocycles. The van der Waals surface area contributed by atoms with Crippen molar-refractivity contribution in [3.63, 3.8) is 0 Å². The number of nitrogens with zero attached hydrogens (tertiary/aromatic N) is 4. The zero-order valence-corrected chi connectivity index (χ0v) is 21.1. The number of nitriles is 1. The number of hydrogen-bond acceptors (Lipinski definition) is 6. The quantitative estimate of drug-likeness (QED) is 0.255. The molecule has 4 N–H and O–H groups in total. The first-order valence-electron chi connectivity index (χ1n) is 10.4. The standard InChI is InChI=1S/C21H19ClF8N6OS/c1-3-36(18(9-32)4-5-18)17(37)11-6-12(38-15(11)22)10(7-31)8-35-16(34-2)13(20(25,26)27)14(33)19(23,24)21(28,29)30/h6-8H,3-5,31,33H2,1-2H3. The third-order valence-corrected chi connectivity index (χ3v) is 6.81. The van der Waals surface area contributed by atoms with Crippen LogP contribution in [-0.4, -0.2) is 60.3 Å². The van der Waals surface area contributed by atoms with Gasteiger partial charge in [-0.1, -0.05) is 11.6 Å². The monoisotopic (exact) mass is 590 g/mol.